The summed E-state index contributed by atoms with van der Waals surface area (Å²) in [5.41, 5.74) is 2.99. The van der Waals surface area contributed by atoms with Gasteiger partial charge in [-0.25, -0.2) is 0 Å². The van der Waals surface area contributed by atoms with Gasteiger partial charge in [0.2, 0.25) is 0 Å². The molecule has 152 valence electrons. The third-order valence-electron chi connectivity index (χ3n) is 4.42. The molecule has 0 aliphatic carbocycles. The molecule has 2 amide bonds. The number of rotatable bonds is 6. The van der Waals surface area contributed by atoms with Gasteiger partial charge in [0.25, 0.3) is 11.1 Å². The van der Waals surface area contributed by atoms with Crippen LogP contribution >= 0.6 is 27.7 Å². The zero-order chi connectivity index (χ0) is 21.1. The van der Waals surface area contributed by atoms with E-state index in [0.29, 0.717) is 23.0 Å². The highest BCUT2D eigenvalue weighted by Gasteiger charge is 2.36. The van der Waals surface area contributed by atoms with Crippen LogP contribution in [0.25, 0.3) is 6.08 Å². The van der Waals surface area contributed by atoms with E-state index < -0.39 is 0 Å². The Kier molecular flexibility index (Phi) is 6.70. The Morgan fingerprint density at radius 1 is 1.14 bits per heavy atom. The second-order valence-corrected chi connectivity index (χ2v) is 8.79. The molecule has 1 heterocycles. The van der Waals surface area contributed by atoms with E-state index in [9.17, 15) is 9.59 Å². The lowest BCUT2D eigenvalue weighted by Crippen LogP contribution is -2.34. The zero-order valence-corrected chi connectivity index (χ0v) is 19.1. The van der Waals surface area contributed by atoms with E-state index in [1.54, 1.807) is 19.3 Å². The molecule has 0 aromatic heterocycles. The number of aryl methyl sites for hydroxylation is 1. The molecule has 2 aromatic rings. The minimum Gasteiger partial charge on any atom is -0.493 e. The van der Waals surface area contributed by atoms with Gasteiger partial charge in [0.15, 0.2) is 11.5 Å². The number of nitrogens with zero attached hydrogens (tertiary/aromatic N) is 1. The predicted molar refractivity (Wildman–Crippen MR) is 119 cm³/mol. The van der Waals surface area contributed by atoms with E-state index >= 15 is 0 Å². The quantitative estimate of drug-likeness (QED) is 0.494. The zero-order valence-electron chi connectivity index (χ0n) is 16.7. The summed E-state index contributed by atoms with van der Waals surface area (Å²) in [6.45, 7) is 6.09. The number of amides is 2. The SMILES string of the molecule is COc1cc(/C=C2/SC(=O)N(C(C)C)C2=O)c(Br)cc1OCc1ccc(C)cc1. The predicted octanol–water partition coefficient (Wildman–Crippen LogP) is 5.79. The first-order valence-corrected chi connectivity index (χ1v) is 10.7. The molecular formula is C22H22BrNO4S. The average Bonchev–Trinajstić information content (AvgIpc) is 2.96. The van der Waals surface area contributed by atoms with E-state index in [0.717, 1.165) is 27.4 Å². The number of imide groups is 1. The van der Waals surface area contributed by atoms with Crippen LogP contribution in [0.15, 0.2) is 45.8 Å². The van der Waals surface area contributed by atoms with Gasteiger partial charge in [-0.2, -0.15) is 0 Å². The monoisotopic (exact) mass is 475 g/mol. The summed E-state index contributed by atoms with van der Waals surface area (Å²) in [7, 11) is 1.57. The van der Waals surface area contributed by atoms with Gasteiger partial charge in [-0.3, -0.25) is 14.5 Å². The Labute approximate surface area is 183 Å². The largest absolute Gasteiger partial charge is 0.493 e. The van der Waals surface area contributed by atoms with E-state index in [-0.39, 0.29) is 17.2 Å². The molecule has 1 fully saturated rings. The molecule has 2 aromatic carbocycles. The molecule has 0 saturated carbocycles. The highest BCUT2D eigenvalue weighted by molar-refractivity contribution is 9.10. The summed E-state index contributed by atoms with van der Waals surface area (Å²) in [5.74, 6) is 0.864. The van der Waals surface area contributed by atoms with Crippen molar-refractivity contribution in [3.05, 3.63) is 62.5 Å². The fourth-order valence-corrected chi connectivity index (χ4v) is 4.23. The maximum atomic E-state index is 12.5. The lowest BCUT2D eigenvalue weighted by molar-refractivity contribution is -0.123. The number of methoxy groups -OCH3 is 1. The first kappa shape index (κ1) is 21.5. The maximum Gasteiger partial charge on any atom is 0.293 e. The molecule has 29 heavy (non-hydrogen) atoms. The first-order valence-electron chi connectivity index (χ1n) is 9.13. The Morgan fingerprint density at radius 3 is 2.41 bits per heavy atom. The fourth-order valence-electron chi connectivity index (χ4n) is 2.85. The van der Waals surface area contributed by atoms with Crippen LogP contribution in [0.1, 0.15) is 30.5 Å². The van der Waals surface area contributed by atoms with Crippen LogP contribution in [0.5, 0.6) is 11.5 Å². The molecule has 0 atom stereocenters. The third-order valence-corrected chi connectivity index (χ3v) is 5.99. The van der Waals surface area contributed by atoms with Gasteiger partial charge in [-0.05, 0) is 61.9 Å². The molecule has 5 nitrogen and oxygen atoms in total. The maximum absolute atomic E-state index is 12.5. The Balaban J connectivity index is 1.84. The summed E-state index contributed by atoms with van der Waals surface area (Å²) < 4.78 is 12.2. The van der Waals surface area contributed by atoms with Crippen LogP contribution in [0.2, 0.25) is 0 Å². The van der Waals surface area contributed by atoms with Crippen molar-refractivity contribution in [2.24, 2.45) is 0 Å². The summed E-state index contributed by atoms with van der Waals surface area (Å²) in [6.07, 6.45) is 1.70. The summed E-state index contributed by atoms with van der Waals surface area (Å²) >= 11 is 4.48. The molecule has 1 saturated heterocycles. The number of carbonyl (C=O) groups is 2. The van der Waals surface area contributed by atoms with Crippen LogP contribution < -0.4 is 9.47 Å². The summed E-state index contributed by atoms with van der Waals surface area (Å²) in [5, 5.41) is -0.252. The van der Waals surface area contributed by atoms with Gasteiger partial charge < -0.3 is 9.47 Å². The standard InChI is InChI=1S/C22H22BrNO4S/c1-13(2)24-21(25)20(29-22(24)26)10-16-9-18(27-4)19(11-17(16)23)28-12-15-7-5-14(3)6-8-15/h5-11,13H,12H2,1-4H3/b20-10+. The van der Waals surface area contributed by atoms with Crippen molar-refractivity contribution >= 4 is 44.9 Å². The van der Waals surface area contributed by atoms with Gasteiger partial charge in [-0.1, -0.05) is 45.8 Å². The lowest BCUT2D eigenvalue weighted by Gasteiger charge is -2.16. The lowest BCUT2D eigenvalue weighted by atomic mass is 10.1. The minimum absolute atomic E-state index is 0.177. The number of thioether (sulfide) groups is 1. The fraction of sp³-hybridized carbons (Fsp3) is 0.273. The summed E-state index contributed by atoms with van der Waals surface area (Å²) in [4.78, 5) is 26.3. The molecule has 1 aliphatic rings. The van der Waals surface area contributed by atoms with E-state index in [4.69, 9.17) is 9.47 Å². The van der Waals surface area contributed by atoms with E-state index in [2.05, 4.69) is 15.9 Å². The van der Waals surface area contributed by atoms with Gasteiger partial charge in [0, 0.05) is 10.5 Å². The van der Waals surface area contributed by atoms with Gasteiger partial charge in [0.1, 0.15) is 6.61 Å². The number of benzene rings is 2. The molecule has 0 N–H and O–H groups in total. The highest BCUT2D eigenvalue weighted by Crippen LogP contribution is 2.38. The van der Waals surface area contributed by atoms with Crippen molar-refractivity contribution in [1.82, 2.24) is 4.90 Å². The molecule has 0 unspecified atom stereocenters. The van der Waals surface area contributed by atoms with Crippen molar-refractivity contribution in [1.29, 1.82) is 0 Å². The Bertz CT molecular complexity index is 970. The topological polar surface area (TPSA) is 55.8 Å². The first-order chi connectivity index (χ1) is 13.8. The molecule has 0 spiro atoms. The summed E-state index contributed by atoms with van der Waals surface area (Å²) in [6, 6.07) is 11.6. The van der Waals surface area contributed by atoms with Crippen LogP contribution in [-0.4, -0.2) is 29.2 Å². The van der Waals surface area contributed by atoms with E-state index in [1.165, 1.54) is 10.5 Å². The van der Waals surface area contributed by atoms with Gasteiger partial charge in [0.05, 0.1) is 12.0 Å². The van der Waals surface area contributed by atoms with Crippen LogP contribution in [0.4, 0.5) is 4.79 Å². The molecule has 7 heteroatoms. The normalized spacial score (nSPS) is 15.5. The highest BCUT2D eigenvalue weighted by atomic mass is 79.9. The Hall–Kier alpha value is -2.25. The second-order valence-electron chi connectivity index (χ2n) is 6.94. The van der Waals surface area contributed by atoms with E-state index in [1.807, 2.05) is 51.1 Å². The number of ether oxygens (including phenoxy) is 2. The molecule has 0 bridgehead atoms. The van der Waals surface area contributed by atoms with Crippen LogP contribution in [-0.2, 0) is 11.4 Å². The average molecular weight is 476 g/mol. The molecule has 0 radical (unpaired) electrons. The van der Waals surface area contributed by atoms with Crippen molar-refractivity contribution in [3.8, 4) is 11.5 Å². The smallest absolute Gasteiger partial charge is 0.293 e. The van der Waals surface area contributed by atoms with Crippen LogP contribution in [0, 0.1) is 6.92 Å². The molecule has 3 rings (SSSR count). The van der Waals surface area contributed by atoms with Crippen molar-refractivity contribution in [2.75, 3.05) is 7.11 Å². The van der Waals surface area contributed by atoms with Crippen molar-refractivity contribution in [2.45, 2.75) is 33.4 Å². The number of carbonyl (C=O) groups excluding carboxylic acids is 2. The number of hydrogen-bond donors (Lipinski definition) is 0. The van der Waals surface area contributed by atoms with Crippen molar-refractivity contribution in [3.63, 3.8) is 0 Å². The molecular weight excluding hydrogens is 454 g/mol. The van der Waals surface area contributed by atoms with Gasteiger partial charge >= 0.3 is 0 Å². The molecule has 1 aliphatic heterocycles. The second kappa shape index (κ2) is 9.05. The van der Waals surface area contributed by atoms with Crippen LogP contribution in [0.3, 0.4) is 0 Å². The van der Waals surface area contributed by atoms with Crippen molar-refractivity contribution < 1.29 is 19.1 Å². The number of hydrogen-bond acceptors (Lipinski definition) is 5. The third kappa shape index (κ3) is 4.85. The Morgan fingerprint density at radius 2 is 1.83 bits per heavy atom. The number of halogens is 1. The minimum atomic E-state index is -0.277. The van der Waals surface area contributed by atoms with Gasteiger partial charge in [-0.15, -0.1) is 0 Å².